The summed E-state index contributed by atoms with van der Waals surface area (Å²) in [4.78, 5) is 12.2. The van der Waals surface area contributed by atoms with Gasteiger partial charge in [-0.05, 0) is 55.8 Å². The van der Waals surface area contributed by atoms with Gasteiger partial charge in [-0.2, -0.15) is 5.10 Å². The van der Waals surface area contributed by atoms with Crippen molar-refractivity contribution in [3.63, 3.8) is 0 Å². The van der Waals surface area contributed by atoms with Gasteiger partial charge in [0.2, 0.25) is 0 Å². The van der Waals surface area contributed by atoms with Crippen molar-refractivity contribution in [3.8, 4) is 11.4 Å². The van der Waals surface area contributed by atoms with Crippen LogP contribution in [0.3, 0.4) is 0 Å². The summed E-state index contributed by atoms with van der Waals surface area (Å²) in [6, 6.07) is 15.2. The third-order valence-corrected chi connectivity index (χ3v) is 5.83. The fourth-order valence-corrected chi connectivity index (χ4v) is 3.74. The molecule has 0 atom stereocenters. The van der Waals surface area contributed by atoms with Crippen molar-refractivity contribution in [2.75, 3.05) is 5.75 Å². The number of carbonyl (C=O) groups excluding carboxylic acids is 1. The highest BCUT2D eigenvalue weighted by Gasteiger charge is 2.14. The number of amides is 1. The molecule has 0 aliphatic heterocycles. The van der Waals surface area contributed by atoms with E-state index in [0.717, 1.165) is 27.1 Å². The third kappa shape index (κ3) is 5.68. The summed E-state index contributed by atoms with van der Waals surface area (Å²) in [5.74, 6) is 0.733. The molecule has 150 valence electrons. The maximum atomic E-state index is 12.2. The highest BCUT2D eigenvalue weighted by molar-refractivity contribution is 9.10. The lowest BCUT2D eigenvalue weighted by atomic mass is 10.1. The lowest BCUT2D eigenvalue weighted by Gasteiger charge is -2.07. The molecule has 3 aromatic rings. The lowest BCUT2D eigenvalue weighted by Crippen LogP contribution is -2.21. The van der Waals surface area contributed by atoms with Crippen molar-refractivity contribution in [1.29, 1.82) is 0 Å². The fourth-order valence-electron chi connectivity index (χ4n) is 2.56. The van der Waals surface area contributed by atoms with Crippen LogP contribution in [-0.4, -0.2) is 32.1 Å². The zero-order valence-electron chi connectivity index (χ0n) is 15.9. The van der Waals surface area contributed by atoms with E-state index in [-0.39, 0.29) is 11.7 Å². The van der Waals surface area contributed by atoms with Crippen LogP contribution < -0.4 is 5.43 Å². The molecule has 0 saturated carbocycles. The van der Waals surface area contributed by atoms with Crippen LogP contribution in [0.25, 0.3) is 11.4 Å². The Bertz CT molecular complexity index is 1020. The molecule has 6 nitrogen and oxygen atoms in total. The fraction of sp³-hybridized carbons (Fsp3) is 0.200. The number of thioether (sulfide) groups is 1. The second-order valence-electron chi connectivity index (χ2n) is 6.09. The molecule has 0 spiro atoms. The zero-order chi connectivity index (χ0) is 20.8. The molecular formula is C20H19BrClN5OS. The van der Waals surface area contributed by atoms with Crippen LogP contribution in [0.4, 0.5) is 0 Å². The summed E-state index contributed by atoms with van der Waals surface area (Å²) in [7, 11) is 0. The summed E-state index contributed by atoms with van der Waals surface area (Å²) in [6.45, 7) is 4.55. The Labute approximate surface area is 186 Å². The van der Waals surface area contributed by atoms with E-state index in [2.05, 4.69) is 36.7 Å². The van der Waals surface area contributed by atoms with Crippen LogP contribution in [0.5, 0.6) is 0 Å². The number of hydrazone groups is 1. The van der Waals surface area contributed by atoms with E-state index in [9.17, 15) is 4.79 Å². The van der Waals surface area contributed by atoms with Gasteiger partial charge in [-0.15, -0.1) is 10.2 Å². The number of hydrogen-bond acceptors (Lipinski definition) is 5. The van der Waals surface area contributed by atoms with E-state index in [1.807, 2.05) is 66.9 Å². The molecule has 1 heterocycles. The molecule has 0 radical (unpaired) electrons. The van der Waals surface area contributed by atoms with E-state index in [4.69, 9.17) is 11.6 Å². The molecule has 0 aliphatic rings. The predicted octanol–water partition coefficient (Wildman–Crippen LogP) is 5.01. The monoisotopic (exact) mass is 491 g/mol. The average Bonchev–Trinajstić information content (AvgIpc) is 3.14. The van der Waals surface area contributed by atoms with Gasteiger partial charge in [-0.1, -0.05) is 51.4 Å². The average molecular weight is 493 g/mol. The van der Waals surface area contributed by atoms with Crippen LogP contribution in [0.2, 0.25) is 5.02 Å². The molecule has 1 aromatic heterocycles. The van der Waals surface area contributed by atoms with Crippen molar-refractivity contribution in [1.82, 2.24) is 20.2 Å². The van der Waals surface area contributed by atoms with Crippen LogP contribution in [0.1, 0.15) is 19.4 Å². The van der Waals surface area contributed by atoms with Crippen LogP contribution in [0.15, 0.2) is 63.3 Å². The van der Waals surface area contributed by atoms with E-state index in [0.29, 0.717) is 16.7 Å². The Hall–Kier alpha value is -2.16. The van der Waals surface area contributed by atoms with Crippen LogP contribution >= 0.6 is 39.3 Å². The molecule has 9 heteroatoms. The van der Waals surface area contributed by atoms with E-state index < -0.39 is 0 Å². The Morgan fingerprint density at radius 3 is 2.52 bits per heavy atom. The second-order valence-corrected chi connectivity index (χ2v) is 8.38. The quantitative estimate of drug-likeness (QED) is 0.286. The maximum Gasteiger partial charge on any atom is 0.250 e. The van der Waals surface area contributed by atoms with Gasteiger partial charge in [-0.3, -0.25) is 4.79 Å². The molecule has 1 amide bonds. The van der Waals surface area contributed by atoms with Gasteiger partial charge in [-0.25, -0.2) is 5.43 Å². The van der Waals surface area contributed by atoms with Crippen molar-refractivity contribution < 1.29 is 4.79 Å². The predicted molar refractivity (Wildman–Crippen MR) is 121 cm³/mol. The summed E-state index contributed by atoms with van der Waals surface area (Å²) < 4.78 is 2.96. The number of halogens is 2. The van der Waals surface area contributed by atoms with Gasteiger partial charge in [0.25, 0.3) is 5.91 Å². The summed E-state index contributed by atoms with van der Waals surface area (Å²) in [6.07, 6.45) is 0. The molecule has 0 saturated heterocycles. The van der Waals surface area contributed by atoms with Gasteiger partial charge < -0.3 is 4.57 Å². The molecule has 29 heavy (non-hydrogen) atoms. The van der Waals surface area contributed by atoms with Crippen LogP contribution in [-0.2, 0) is 11.3 Å². The third-order valence-electron chi connectivity index (χ3n) is 4.08. The summed E-state index contributed by atoms with van der Waals surface area (Å²) in [5.41, 5.74) is 5.20. The highest BCUT2D eigenvalue weighted by atomic mass is 79.9. The first-order valence-electron chi connectivity index (χ1n) is 8.89. The van der Waals surface area contributed by atoms with E-state index in [1.54, 1.807) is 0 Å². The minimum Gasteiger partial charge on any atom is -0.302 e. The molecule has 0 fully saturated rings. The number of hydrogen-bond donors (Lipinski definition) is 1. The van der Waals surface area contributed by atoms with Crippen LogP contribution in [0, 0.1) is 0 Å². The first-order valence-corrected chi connectivity index (χ1v) is 11.0. The molecule has 0 unspecified atom stereocenters. The normalized spacial score (nSPS) is 11.5. The van der Waals surface area contributed by atoms with E-state index >= 15 is 0 Å². The van der Waals surface area contributed by atoms with Gasteiger partial charge >= 0.3 is 0 Å². The standard InChI is InChI=1S/C20H19BrClN5OS/c1-3-27-19(15-6-10-17(22)11-7-15)25-26-20(27)29-12-18(28)24-23-13(2)14-4-8-16(21)9-5-14/h4-11H,3,12H2,1-2H3,(H,24,28). The highest BCUT2D eigenvalue weighted by Crippen LogP contribution is 2.25. The molecule has 0 aliphatic carbocycles. The largest absolute Gasteiger partial charge is 0.302 e. The summed E-state index contributed by atoms with van der Waals surface area (Å²) in [5, 5.41) is 14.0. The van der Waals surface area contributed by atoms with Gasteiger partial charge in [0.1, 0.15) is 0 Å². The van der Waals surface area contributed by atoms with Gasteiger partial charge in [0, 0.05) is 21.6 Å². The van der Waals surface area contributed by atoms with Gasteiger partial charge in [0.05, 0.1) is 11.5 Å². The lowest BCUT2D eigenvalue weighted by molar-refractivity contribution is -0.118. The Morgan fingerprint density at radius 2 is 1.86 bits per heavy atom. The minimum absolute atomic E-state index is 0.190. The smallest absolute Gasteiger partial charge is 0.250 e. The minimum atomic E-state index is -0.204. The number of rotatable bonds is 7. The molecule has 0 bridgehead atoms. The number of nitrogens with zero attached hydrogens (tertiary/aromatic N) is 4. The number of carbonyl (C=O) groups is 1. The van der Waals surface area contributed by atoms with Gasteiger partial charge in [0.15, 0.2) is 11.0 Å². The first kappa shape index (κ1) is 21.5. The van der Waals surface area contributed by atoms with E-state index in [1.165, 1.54) is 11.8 Å². The Morgan fingerprint density at radius 1 is 1.17 bits per heavy atom. The van der Waals surface area contributed by atoms with Crippen molar-refractivity contribution in [3.05, 3.63) is 63.6 Å². The SMILES string of the molecule is CCn1c(SCC(=O)NN=C(C)c2ccc(Br)cc2)nnc1-c1ccc(Cl)cc1. The number of aromatic nitrogens is 3. The summed E-state index contributed by atoms with van der Waals surface area (Å²) >= 11 is 10.7. The maximum absolute atomic E-state index is 12.2. The Balaban J connectivity index is 1.62. The topological polar surface area (TPSA) is 72.2 Å². The zero-order valence-corrected chi connectivity index (χ0v) is 19.1. The number of benzene rings is 2. The molecule has 2 aromatic carbocycles. The molecular weight excluding hydrogens is 474 g/mol. The number of nitrogens with one attached hydrogen (secondary N) is 1. The Kier molecular flexibility index (Phi) is 7.46. The molecule has 1 N–H and O–H groups in total. The van der Waals surface area contributed by atoms with Crippen molar-refractivity contribution >= 4 is 50.9 Å². The van der Waals surface area contributed by atoms with Crippen molar-refractivity contribution in [2.24, 2.45) is 5.10 Å². The first-order chi connectivity index (χ1) is 14.0. The second kappa shape index (κ2) is 10.0. The molecule has 3 rings (SSSR count). The van der Waals surface area contributed by atoms with Crippen molar-refractivity contribution in [2.45, 2.75) is 25.5 Å².